The van der Waals surface area contributed by atoms with E-state index >= 15 is 0 Å². The first-order valence-electron chi connectivity index (χ1n) is 14.0. The minimum Gasteiger partial charge on any atom is -0.440 e. The molecule has 4 nitrogen and oxygen atoms in total. The van der Waals surface area contributed by atoms with Crippen LogP contribution in [0.15, 0.2) is 82.6 Å². The zero-order chi connectivity index (χ0) is 28.5. The van der Waals surface area contributed by atoms with Crippen LogP contribution in [0, 0.1) is 30.0 Å². The molecule has 7 rings (SSSR count). The third-order valence-electron chi connectivity index (χ3n) is 9.31. The first-order valence-corrected chi connectivity index (χ1v) is 14.0. The molecule has 8 heteroatoms. The summed E-state index contributed by atoms with van der Waals surface area (Å²) in [6.45, 7) is 4.21. The molecular formula is C33H29F4N3O. The molecule has 2 heterocycles. The lowest BCUT2D eigenvalue weighted by Gasteiger charge is -2.50. The Bertz CT molecular complexity index is 1680. The number of aryl methyl sites for hydroxylation is 1. The lowest BCUT2D eigenvalue weighted by Crippen LogP contribution is -2.44. The topological polar surface area (TPSA) is 43.9 Å². The molecule has 0 saturated heterocycles. The van der Waals surface area contributed by atoms with Crippen LogP contribution in [0.4, 0.5) is 17.6 Å². The van der Waals surface area contributed by atoms with Crippen LogP contribution < -0.4 is 0 Å². The summed E-state index contributed by atoms with van der Waals surface area (Å²) in [6, 6.07) is 13.9. The van der Waals surface area contributed by atoms with Crippen molar-refractivity contribution in [1.82, 2.24) is 14.8 Å². The fourth-order valence-corrected chi connectivity index (χ4v) is 7.20. The Morgan fingerprint density at radius 2 is 1.78 bits per heavy atom. The van der Waals surface area contributed by atoms with Gasteiger partial charge in [-0.2, -0.15) is 18.3 Å². The molecule has 0 bridgehead atoms. The van der Waals surface area contributed by atoms with Crippen LogP contribution >= 0.6 is 0 Å². The Balaban J connectivity index is 1.26. The van der Waals surface area contributed by atoms with Crippen molar-refractivity contribution >= 4 is 6.08 Å². The molecule has 41 heavy (non-hydrogen) atoms. The molecule has 210 valence electrons. The highest BCUT2D eigenvalue weighted by Gasteiger charge is 2.56. The molecule has 1 saturated carbocycles. The number of nitrogens with zero attached hydrogens (tertiary/aromatic N) is 3. The van der Waals surface area contributed by atoms with Gasteiger partial charge in [0.25, 0.3) is 0 Å². The molecule has 0 spiro atoms. The van der Waals surface area contributed by atoms with Crippen LogP contribution in [0.1, 0.15) is 54.8 Å². The van der Waals surface area contributed by atoms with Gasteiger partial charge in [0.2, 0.25) is 0 Å². The van der Waals surface area contributed by atoms with Crippen LogP contribution in [-0.2, 0) is 6.42 Å². The number of hydrogen-bond donors (Lipinski definition) is 0. The van der Waals surface area contributed by atoms with Gasteiger partial charge in [-0.05, 0) is 86.6 Å². The second-order valence-electron chi connectivity index (χ2n) is 11.8. The van der Waals surface area contributed by atoms with E-state index < -0.39 is 29.2 Å². The molecule has 0 amide bonds. The average Bonchev–Trinajstić information content (AvgIpc) is 3.59. The predicted molar refractivity (Wildman–Crippen MR) is 148 cm³/mol. The summed E-state index contributed by atoms with van der Waals surface area (Å²) < 4.78 is 64.8. The summed E-state index contributed by atoms with van der Waals surface area (Å²) in [6.07, 6.45) is 4.80. The van der Waals surface area contributed by atoms with Gasteiger partial charge in [0.15, 0.2) is 11.7 Å². The van der Waals surface area contributed by atoms with E-state index in [1.165, 1.54) is 29.5 Å². The van der Waals surface area contributed by atoms with Crippen molar-refractivity contribution in [1.29, 1.82) is 0 Å². The third kappa shape index (κ3) is 4.26. The van der Waals surface area contributed by atoms with Crippen molar-refractivity contribution in [2.24, 2.45) is 17.3 Å². The van der Waals surface area contributed by atoms with E-state index in [1.807, 2.05) is 36.0 Å². The molecule has 4 atom stereocenters. The van der Waals surface area contributed by atoms with E-state index in [1.54, 1.807) is 12.1 Å². The van der Waals surface area contributed by atoms with Gasteiger partial charge in [0, 0.05) is 11.0 Å². The van der Waals surface area contributed by atoms with E-state index in [2.05, 4.69) is 30.1 Å². The molecule has 0 aliphatic heterocycles. The van der Waals surface area contributed by atoms with E-state index in [9.17, 15) is 17.6 Å². The second kappa shape index (κ2) is 9.29. The molecule has 3 aliphatic rings. The molecule has 0 radical (unpaired) electrons. The van der Waals surface area contributed by atoms with Gasteiger partial charge in [-0.3, -0.25) is 0 Å². The van der Waals surface area contributed by atoms with Gasteiger partial charge in [-0.15, -0.1) is 0 Å². The Morgan fingerprint density at radius 3 is 2.51 bits per heavy atom. The minimum absolute atomic E-state index is 0.0990. The summed E-state index contributed by atoms with van der Waals surface area (Å²) in [5.41, 5.74) is 6.72. The maximum Gasteiger partial charge on any atom is 0.392 e. The highest BCUT2D eigenvalue weighted by molar-refractivity contribution is 5.64. The van der Waals surface area contributed by atoms with Crippen molar-refractivity contribution in [3.63, 3.8) is 0 Å². The number of aromatic nitrogens is 3. The smallest absolute Gasteiger partial charge is 0.392 e. The quantitative estimate of drug-likeness (QED) is 0.186. The van der Waals surface area contributed by atoms with E-state index in [0.29, 0.717) is 30.6 Å². The molecule has 4 aromatic rings. The maximum atomic E-state index is 14.5. The van der Waals surface area contributed by atoms with Gasteiger partial charge in [-0.25, -0.2) is 14.1 Å². The summed E-state index contributed by atoms with van der Waals surface area (Å²) >= 11 is 0. The molecule has 3 aliphatic carbocycles. The van der Waals surface area contributed by atoms with Crippen molar-refractivity contribution in [3.8, 4) is 17.0 Å². The highest BCUT2D eigenvalue weighted by Crippen LogP contribution is 2.61. The summed E-state index contributed by atoms with van der Waals surface area (Å²) in [4.78, 5) is 4.38. The molecule has 2 aromatic heterocycles. The molecular weight excluding hydrogens is 530 g/mol. The third-order valence-corrected chi connectivity index (χ3v) is 9.31. The Hall–Kier alpha value is -3.94. The van der Waals surface area contributed by atoms with E-state index in [-0.39, 0.29) is 18.2 Å². The van der Waals surface area contributed by atoms with Gasteiger partial charge >= 0.3 is 6.18 Å². The normalized spacial score (nSPS) is 25.6. The van der Waals surface area contributed by atoms with Gasteiger partial charge in [-0.1, -0.05) is 41.8 Å². The Kier molecular flexibility index (Phi) is 5.89. The van der Waals surface area contributed by atoms with E-state index in [0.717, 1.165) is 22.5 Å². The molecule has 1 fully saturated rings. The largest absolute Gasteiger partial charge is 0.440 e. The second-order valence-corrected chi connectivity index (χ2v) is 11.8. The average molecular weight is 560 g/mol. The zero-order valence-electron chi connectivity index (χ0n) is 22.8. The number of rotatable bonds is 3. The minimum atomic E-state index is -4.40. The number of allylic oxidation sites excluding steroid dienone is 3. The number of alkyl halides is 3. The van der Waals surface area contributed by atoms with E-state index in [4.69, 9.17) is 9.52 Å². The number of benzene rings is 2. The Morgan fingerprint density at radius 1 is 1.02 bits per heavy atom. The Labute approximate surface area is 235 Å². The predicted octanol–water partition coefficient (Wildman–Crippen LogP) is 8.62. The van der Waals surface area contributed by atoms with Crippen LogP contribution in [-0.4, -0.2) is 20.9 Å². The van der Waals surface area contributed by atoms with Crippen molar-refractivity contribution in [2.75, 3.05) is 0 Å². The summed E-state index contributed by atoms with van der Waals surface area (Å²) in [5.74, 6) is -2.84. The summed E-state index contributed by atoms with van der Waals surface area (Å²) in [7, 11) is 0. The van der Waals surface area contributed by atoms with Gasteiger partial charge < -0.3 is 4.42 Å². The highest BCUT2D eigenvalue weighted by atomic mass is 19.4. The molecule has 0 unspecified atom stereocenters. The fourth-order valence-electron chi connectivity index (χ4n) is 7.20. The van der Waals surface area contributed by atoms with Gasteiger partial charge in [0.05, 0.1) is 35.6 Å². The maximum absolute atomic E-state index is 14.5. The lowest BCUT2D eigenvalue weighted by atomic mass is 9.54. The van der Waals surface area contributed by atoms with Crippen molar-refractivity contribution in [2.45, 2.75) is 51.6 Å². The molecule has 2 aromatic carbocycles. The number of oxazole rings is 1. The van der Waals surface area contributed by atoms with Crippen LogP contribution in [0.3, 0.4) is 0 Å². The SMILES string of the molecule is Cc1ccc(-n2ncc3c2C=C2CC[C@H]4C(=CC[C@@H](C(F)(F)F)[C@@H]4c4ncc(-c5ccc(F)cc5)o4)[C@@]2(C)C3)cc1. The number of hydrogen-bond acceptors (Lipinski definition) is 3. The first kappa shape index (κ1) is 26.0. The zero-order valence-corrected chi connectivity index (χ0v) is 22.8. The first-order chi connectivity index (χ1) is 19.6. The van der Waals surface area contributed by atoms with Gasteiger partial charge in [0.1, 0.15) is 5.82 Å². The monoisotopic (exact) mass is 559 g/mol. The number of halogens is 4. The standard InChI is InChI=1S/C33H29F4N3O/c1-19-3-10-24(11-4-19)40-28-15-22-7-12-25-26(32(22,2)16-21(28)17-39-40)13-14-27(33(35,36)37)30(25)31-38-18-29(41-31)20-5-8-23(34)9-6-20/h3-6,8-11,13,15,17-18,25,27,30H,7,12,14,16H2,1-2H3/t25-,27+,30+,32-/m0/s1. The van der Waals surface area contributed by atoms with Crippen LogP contribution in [0.5, 0.6) is 0 Å². The van der Waals surface area contributed by atoms with Crippen molar-refractivity contribution < 1.29 is 22.0 Å². The fraction of sp³-hybridized carbons (Fsp3) is 0.333. The van der Waals surface area contributed by atoms with Crippen molar-refractivity contribution in [3.05, 3.63) is 107 Å². The lowest BCUT2D eigenvalue weighted by molar-refractivity contribution is -0.187. The van der Waals surface area contributed by atoms with Crippen LogP contribution in [0.2, 0.25) is 0 Å². The van der Waals surface area contributed by atoms with Crippen LogP contribution in [0.25, 0.3) is 23.1 Å². The molecule has 0 N–H and O–H groups in total. The summed E-state index contributed by atoms with van der Waals surface area (Å²) in [5, 5.41) is 4.69. The number of fused-ring (bicyclic) bond motifs is 4.